The summed E-state index contributed by atoms with van der Waals surface area (Å²) < 4.78 is 43.9. The van der Waals surface area contributed by atoms with E-state index in [1.54, 1.807) is 17.2 Å². The van der Waals surface area contributed by atoms with Crippen molar-refractivity contribution in [2.75, 3.05) is 36.4 Å². The number of nitrogens with one attached hydrogen (secondary N) is 1. The van der Waals surface area contributed by atoms with E-state index < -0.39 is 18.1 Å². The van der Waals surface area contributed by atoms with E-state index in [1.165, 1.54) is 19.1 Å². The number of hydrogen-bond donors (Lipinski definition) is 3. The number of aliphatic hydroxyl groups is 2. The summed E-state index contributed by atoms with van der Waals surface area (Å²) in [6.45, 7) is 3.02. The zero-order chi connectivity index (χ0) is 24.5. The summed E-state index contributed by atoms with van der Waals surface area (Å²) in [6, 6.07) is 5.31. The quantitative estimate of drug-likeness (QED) is 0.441. The number of rotatable bonds is 6. The molecule has 3 aromatic rings. The van der Waals surface area contributed by atoms with Gasteiger partial charge in [0.25, 0.3) is 5.89 Å². The Balaban J connectivity index is 1.36. The predicted molar refractivity (Wildman–Crippen MR) is 118 cm³/mol. The zero-order valence-corrected chi connectivity index (χ0v) is 18.8. The van der Waals surface area contributed by atoms with Crippen LogP contribution in [0, 0.1) is 6.92 Å². The van der Waals surface area contributed by atoms with Gasteiger partial charge < -0.3 is 25.0 Å². The third kappa shape index (κ3) is 5.25. The summed E-state index contributed by atoms with van der Waals surface area (Å²) in [5.74, 6) is 0.917. The fraction of sp³-hybridized carbons (Fsp3) is 0.381. The maximum absolute atomic E-state index is 12.9. The molecule has 1 aromatic carbocycles. The number of piperazine rings is 1. The number of alkyl halides is 3. The smallest absolute Gasteiger partial charge is 0.388 e. The van der Waals surface area contributed by atoms with Crippen LogP contribution in [-0.4, -0.2) is 62.8 Å². The third-order valence-electron chi connectivity index (χ3n) is 5.47. The molecule has 4 rings (SSSR count). The minimum Gasteiger partial charge on any atom is -0.388 e. The molecule has 3 heterocycles. The maximum atomic E-state index is 12.9. The summed E-state index contributed by atoms with van der Waals surface area (Å²) in [7, 11) is 0. The van der Waals surface area contributed by atoms with E-state index in [2.05, 4.69) is 20.4 Å². The maximum Gasteiger partial charge on any atom is 0.416 e. The molecule has 0 aliphatic carbocycles. The number of anilines is 2. The molecule has 0 saturated carbocycles. The molecule has 1 fully saturated rings. The Morgan fingerprint density at radius 2 is 1.94 bits per heavy atom. The lowest BCUT2D eigenvalue weighted by molar-refractivity contribution is -0.138. The van der Waals surface area contributed by atoms with E-state index in [4.69, 9.17) is 21.2 Å². The average molecular weight is 499 g/mol. The molecule has 9 nitrogen and oxygen atoms in total. The van der Waals surface area contributed by atoms with Crippen molar-refractivity contribution in [1.82, 2.24) is 20.0 Å². The standard InChI is InChI=1S/C21H22ClF3N6O3/c1-12-8-14(2-3-15(12)21(23,24)25)27-20(33)31-6-4-30(5-7-31)18-16(22)9-13(10-26-18)19-28-17(11-32)29-34-19/h2-3,8-10,20,27,32-33H,4-7,11H2,1H3. The molecule has 1 unspecified atom stereocenters. The van der Waals surface area contributed by atoms with Crippen LogP contribution in [0.1, 0.15) is 17.0 Å². The fourth-order valence-corrected chi connectivity index (χ4v) is 3.99. The highest BCUT2D eigenvalue weighted by molar-refractivity contribution is 6.33. The molecule has 34 heavy (non-hydrogen) atoms. The van der Waals surface area contributed by atoms with Crippen LogP contribution in [0.25, 0.3) is 11.5 Å². The van der Waals surface area contributed by atoms with Gasteiger partial charge in [0.1, 0.15) is 12.4 Å². The van der Waals surface area contributed by atoms with Crippen molar-refractivity contribution in [2.45, 2.75) is 26.1 Å². The second-order valence-corrected chi connectivity index (χ2v) is 8.18. The molecule has 0 radical (unpaired) electrons. The lowest BCUT2D eigenvalue weighted by Gasteiger charge is -2.38. The minimum atomic E-state index is -4.42. The number of nitrogens with zero attached hydrogens (tertiary/aromatic N) is 5. The number of hydrogen-bond acceptors (Lipinski definition) is 9. The van der Waals surface area contributed by atoms with Gasteiger partial charge in [-0.25, -0.2) is 4.98 Å². The summed E-state index contributed by atoms with van der Waals surface area (Å²) in [5.41, 5.74) is 0.286. The van der Waals surface area contributed by atoms with Crippen LogP contribution >= 0.6 is 11.6 Å². The van der Waals surface area contributed by atoms with Crippen molar-refractivity contribution in [1.29, 1.82) is 0 Å². The van der Waals surface area contributed by atoms with E-state index in [1.807, 2.05) is 4.90 Å². The third-order valence-corrected chi connectivity index (χ3v) is 5.74. The molecule has 0 amide bonds. The van der Waals surface area contributed by atoms with Crippen LogP contribution in [0.2, 0.25) is 5.02 Å². The van der Waals surface area contributed by atoms with Crippen LogP contribution in [0.4, 0.5) is 24.7 Å². The first-order valence-electron chi connectivity index (χ1n) is 10.4. The van der Waals surface area contributed by atoms with E-state index >= 15 is 0 Å². The molecule has 13 heteroatoms. The van der Waals surface area contributed by atoms with Crippen molar-refractivity contribution in [3.8, 4) is 11.5 Å². The second-order valence-electron chi connectivity index (χ2n) is 7.77. The monoisotopic (exact) mass is 498 g/mol. The largest absolute Gasteiger partial charge is 0.416 e. The number of pyridine rings is 1. The minimum absolute atomic E-state index is 0.0757. The molecule has 0 spiro atoms. The van der Waals surface area contributed by atoms with Crippen LogP contribution < -0.4 is 10.2 Å². The molecule has 1 atom stereocenters. The van der Waals surface area contributed by atoms with E-state index in [0.29, 0.717) is 48.3 Å². The first-order valence-corrected chi connectivity index (χ1v) is 10.7. The van der Waals surface area contributed by atoms with Gasteiger partial charge in [-0.05, 0) is 36.8 Å². The molecular weight excluding hydrogens is 477 g/mol. The lowest BCUT2D eigenvalue weighted by Crippen LogP contribution is -2.53. The van der Waals surface area contributed by atoms with Gasteiger partial charge in [0, 0.05) is 38.1 Å². The van der Waals surface area contributed by atoms with Crippen LogP contribution in [0.15, 0.2) is 35.0 Å². The average Bonchev–Trinajstić information content (AvgIpc) is 3.28. The van der Waals surface area contributed by atoms with Crippen LogP contribution in [-0.2, 0) is 12.8 Å². The number of aryl methyl sites for hydroxylation is 1. The summed E-state index contributed by atoms with van der Waals surface area (Å²) in [5, 5.41) is 26.4. The number of halogens is 4. The highest BCUT2D eigenvalue weighted by atomic mass is 35.5. The predicted octanol–water partition coefficient (Wildman–Crippen LogP) is 3.11. The SMILES string of the molecule is Cc1cc(NC(O)N2CCN(c3ncc(-c4nc(CO)no4)cc3Cl)CC2)ccc1C(F)(F)F. The van der Waals surface area contributed by atoms with E-state index in [9.17, 15) is 18.3 Å². The molecule has 182 valence electrons. The summed E-state index contributed by atoms with van der Waals surface area (Å²) in [6.07, 6.45) is -3.94. The fourth-order valence-electron chi connectivity index (χ4n) is 3.71. The Morgan fingerprint density at radius 1 is 1.21 bits per heavy atom. The molecule has 0 bridgehead atoms. The van der Waals surface area contributed by atoms with E-state index in [0.717, 1.165) is 6.07 Å². The zero-order valence-electron chi connectivity index (χ0n) is 18.1. The Morgan fingerprint density at radius 3 is 2.53 bits per heavy atom. The highest BCUT2D eigenvalue weighted by Gasteiger charge is 2.32. The van der Waals surface area contributed by atoms with Crippen molar-refractivity contribution < 1.29 is 27.9 Å². The first kappa shape index (κ1) is 24.2. The molecular formula is C21H22ClF3N6O3. The van der Waals surface area contributed by atoms with Crippen molar-refractivity contribution in [3.63, 3.8) is 0 Å². The first-order chi connectivity index (χ1) is 16.2. The Hall–Kier alpha value is -2.93. The Labute approximate surface area is 197 Å². The van der Waals surface area contributed by atoms with Crippen molar-refractivity contribution in [3.05, 3.63) is 52.4 Å². The van der Waals surface area contributed by atoms with Crippen molar-refractivity contribution in [2.24, 2.45) is 0 Å². The molecule has 2 aromatic heterocycles. The summed E-state index contributed by atoms with van der Waals surface area (Å²) >= 11 is 6.42. The van der Waals surface area contributed by atoms with Crippen LogP contribution in [0.5, 0.6) is 0 Å². The Kier molecular flexibility index (Phi) is 6.94. The summed E-state index contributed by atoms with van der Waals surface area (Å²) in [4.78, 5) is 12.2. The number of aliphatic hydroxyl groups excluding tert-OH is 2. The van der Waals surface area contributed by atoms with Crippen molar-refractivity contribution >= 4 is 23.1 Å². The highest BCUT2D eigenvalue weighted by Crippen LogP contribution is 2.33. The molecule has 3 N–H and O–H groups in total. The normalized spacial score (nSPS) is 16.0. The number of aromatic nitrogens is 3. The van der Waals surface area contributed by atoms with Gasteiger partial charge in [-0.2, -0.15) is 18.2 Å². The lowest BCUT2D eigenvalue weighted by atomic mass is 10.1. The van der Waals surface area contributed by atoms with Gasteiger partial charge in [0.2, 0.25) is 0 Å². The molecule has 1 aliphatic heterocycles. The van der Waals surface area contributed by atoms with Crippen LogP contribution in [0.3, 0.4) is 0 Å². The van der Waals surface area contributed by atoms with E-state index in [-0.39, 0.29) is 23.9 Å². The van der Waals surface area contributed by atoms with Gasteiger partial charge in [-0.15, -0.1) is 0 Å². The Bertz CT molecular complexity index is 1150. The topological polar surface area (TPSA) is 111 Å². The van der Waals surface area contributed by atoms with Gasteiger partial charge in [-0.1, -0.05) is 16.8 Å². The number of benzene rings is 1. The molecule has 1 aliphatic rings. The molecule has 1 saturated heterocycles. The van der Waals surface area contributed by atoms with Gasteiger partial charge >= 0.3 is 6.18 Å². The van der Waals surface area contributed by atoms with Gasteiger partial charge in [0.05, 0.1) is 16.1 Å². The van der Waals surface area contributed by atoms with Gasteiger partial charge in [0.15, 0.2) is 12.2 Å². The van der Waals surface area contributed by atoms with Gasteiger partial charge in [-0.3, -0.25) is 4.90 Å². The second kappa shape index (κ2) is 9.74.